The van der Waals surface area contributed by atoms with Gasteiger partial charge < -0.3 is 5.73 Å². The Hall–Kier alpha value is -1.09. The Bertz CT molecular complexity index is 378. The van der Waals surface area contributed by atoms with E-state index in [-0.39, 0.29) is 11.8 Å². The normalized spacial score (nSPS) is 20.2. The summed E-state index contributed by atoms with van der Waals surface area (Å²) in [5.74, 6) is -0.446. The van der Waals surface area contributed by atoms with Gasteiger partial charge in [-0.25, -0.2) is 4.98 Å². The van der Waals surface area contributed by atoms with Gasteiger partial charge in [-0.15, -0.1) is 0 Å². The predicted molar refractivity (Wildman–Crippen MR) is 54.1 cm³/mol. The van der Waals surface area contributed by atoms with Gasteiger partial charge in [-0.1, -0.05) is 17.7 Å². The molecule has 74 valence electrons. The van der Waals surface area contributed by atoms with Crippen molar-refractivity contribution in [3.63, 3.8) is 0 Å². The van der Waals surface area contributed by atoms with Crippen LogP contribution in [0.15, 0.2) is 12.1 Å². The lowest BCUT2D eigenvalue weighted by atomic mass is 9.85. The molecular formula is C10H11ClN2O. The largest absolute Gasteiger partial charge is 0.369 e. The lowest BCUT2D eigenvalue weighted by Crippen LogP contribution is -2.25. The summed E-state index contributed by atoms with van der Waals surface area (Å²) in [6.07, 6.45) is 2.67. The first-order valence-corrected chi connectivity index (χ1v) is 5.01. The van der Waals surface area contributed by atoms with Gasteiger partial charge >= 0.3 is 0 Å². The number of amides is 1. The third kappa shape index (κ3) is 1.60. The number of halogens is 1. The number of pyridine rings is 1. The fourth-order valence-corrected chi connectivity index (χ4v) is 2.09. The molecule has 2 N–H and O–H groups in total. The van der Waals surface area contributed by atoms with Gasteiger partial charge in [-0.05, 0) is 30.9 Å². The number of aryl methyl sites for hydroxylation is 1. The lowest BCUT2D eigenvalue weighted by molar-refractivity contribution is -0.119. The molecule has 1 amide bonds. The van der Waals surface area contributed by atoms with E-state index in [1.807, 2.05) is 6.07 Å². The monoisotopic (exact) mass is 210 g/mol. The topological polar surface area (TPSA) is 56.0 Å². The number of rotatable bonds is 1. The van der Waals surface area contributed by atoms with E-state index in [0.29, 0.717) is 5.15 Å². The third-order valence-corrected chi connectivity index (χ3v) is 2.81. The van der Waals surface area contributed by atoms with Crippen LogP contribution < -0.4 is 5.73 Å². The molecular weight excluding hydrogens is 200 g/mol. The number of nitrogens with zero attached hydrogens (tertiary/aromatic N) is 1. The molecule has 14 heavy (non-hydrogen) atoms. The van der Waals surface area contributed by atoms with E-state index < -0.39 is 0 Å². The molecule has 1 aliphatic carbocycles. The summed E-state index contributed by atoms with van der Waals surface area (Å²) in [6.45, 7) is 0. The van der Waals surface area contributed by atoms with Gasteiger partial charge in [0.25, 0.3) is 0 Å². The van der Waals surface area contributed by atoms with Crippen molar-refractivity contribution in [2.45, 2.75) is 25.2 Å². The molecule has 0 saturated carbocycles. The second-order valence-corrected chi connectivity index (χ2v) is 3.90. The van der Waals surface area contributed by atoms with Crippen molar-refractivity contribution in [1.29, 1.82) is 0 Å². The molecule has 4 heteroatoms. The summed E-state index contributed by atoms with van der Waals surface area (Å²) in [7, 11) is 0. The highest BCUT2D eigenvalue weighted by Crippen LogP contribution is 2.30. The van der Waals surface area contributed by atoms with Crippen LogP contribution >= 0.6 is 11.6 Å². The van der Waals surface area contributed by atoms with Crippen LogP contribution in [0.1, 0.15) is 30.0 Å². The Morgan fingerprint density at radius 1 is 1.57 bits per heavy atom. The summed E-state index contributed by atoms with van der Waals surface area (Å²) in [5.41, 5.74) is 7.20. The average Bonchev–Trinajstić information content (AvgIpc) is 2.16. The molecule has 3 nitrogen and oxygen atoms in total. The summed E-state index contributed by atoms with van der Waals surface area (Å²) in [5, 5.41) is 0.480. The van der Waals surface area contributed by atoms with Crippen molar-refractivity contribution in [2.24, 2.45) is 5.73 Å². The number of nitrogens with two attached hydrogens (primary N) is 1. The minimum absolute atomic E-state index is 0.177. The highest BCUT2D eigenvalue weighted by Gasteiger charge is 2.25. The number of carbonyl (C=O) groups excluding carboxylic acids is 1. The first-order valence-electron chi connectivity index (χ1n) is 4.63. The molecule has 0 aromatic carbocycles. The van der Waals surface area contributed by atoms with Crippen LogP contribution in [0.5, 0.6) is 0 Å². The van der Waals surface area contributed by atoms with Crippen molar-refractivity contribution in [1.82, 2.24) is 4.98 Å². The zero-order valence-corrected chi connectivity index (χ0v) is 8.42. The second-order valence-electron chi connectivity index (χ2n) is 3.52. The molecule has 1 unspecified atom stereocenters. The number of aromatic nitrogens is 1. The van der Waals surface area contributed by atoms with Gasteiger partial charge in [0, 0.05) is 5.69 Å². The van der Waals surface area contributed by atoms with E-state index >= 15 is 0 Å². The van der Waals surface area contributed by atoms with E-state index in [2.05, 4.69) is 4.98 Å². The summed E-state index contributed by atoms with van der Waals surface area (Å²) in [6, 6.07) is 3.57. The standard InChI is InChI=1S/C10H11ClN2O/c11-9-5-4-6-7(10(12)14)2-1-3-8(6)13-9/h4-5,7H,1-3H2,(H2,12,14). The maximum atomic E-state index is 11.2. The SMILES string of the molecule is NC(=O)C1CCCc2nc(Cl)ccc21. The Balaban J connectivity index is 2.44. The zero-order chi connectivity index (χ0) is 10.1. The zero-order valence-electron chi connectivity index (χ0n) is 7.66. The summed E-state index contributed by atoms with van der Waals surface area (Å²) in [4.78, 5) is 15.4. The molecule has 0 radical (unpaired) electrons. The molecule has 1 heterocycles. The van der Waals surface area contributed by atoms with E-state index in [1.165, 1.54) is 0 Å². The average molecular weight is 211 g/mol. The molecule has 0 bridgehead atoms. The fraction of sp³-hybridized carbons (Fsp3) is 0.400. The van der Waals surface area contributed by atoms with Gasteiger partial charge in [0.05, 0.1) is 5.92 Å². The van der Waals surface area contributed by atoms with E-state index in [0.717, 1.165) is 30.5 Å². The molecule has 0 aliphatic heterocycles. The predicted octanol–water partition coefficient (Wildman–Crippen LogP) is 1.64. The first-order chi connectivity index (χ1) is 6.68. The number of hydrogen-bond acceptors (Lipinski definition) is 2. The molecule has 0 spiro atoms. The lowest BCUT2D eigenvalue weighted by Gasteiger charge is -2.21. The van der Waals surface area contributed by atoms with E-state index in [9.17, 15) is 4.79 Å². The van der Waals surface area contributed by atoms with Crippen LogP contribution in [0.3, 0.4) is 0 Å². The summed E-state index contributed by atoms with van der Waals surface area (Å²) >= 11 is 5.78. The first kappa shape index (κ1) is 9.46. The molecule has 0 fully saturated rings. The van der Waals surface area contributed by atoms with Crippen molar-refractivity contribution >= 4 is 17.5 Å². The van der Waals surface area contributed by atoms with Crippen molar-refractivity contribution < 1.29 is 4.79 Å². The Kier molecular flexibility index (Phi) is 2.42. The van der Waals surface area contributed by atoms with Gasteiger partial charge in [0.15, 0.2) is 0 Å². The highest BCUT2D eigenvalue weighted by molar-refractivity contribution is 6.29. The second kappa shape index (κ2) is 3.58. The van der Waals surface area contributed by atoms with Crippen molar-refractivity contribution in [3.05, 3.63) is 28.5 Å². The maximum Gasteiger partial charge on any atom is 0.225 e. The number of hydrogen-bond donors (Lipinski definition) is 1. The quantitative estimate of drug-likeness (QED) is 0.717. The number of carbonyl (C=O) groups is 1. The molecule has 1 aliphatic rings. The van der Waals surface area contributed by atoms with Crippen molar-refractivity contribution in [3.8, 4) is 0 Å². The van der Waals surface area contributed by atoms with Crippen molar-refractivity contribution in [2.75, 3.05) is 0 Å². The minimum atomic E-state index is -0.268. The molecule has 0 saturated heterocycles. The summed E-state index contributed by atoms with van der Waals surface area (Å²) < 4.78 is 0. The third-order valence-electron chi connectivity index (χ3n) is 2.60. The van der Waals surface area contributed by atoms with Crippen LogP contribution in [-0.4, -0.2) is 10.9 Å². The van der Waals surface area contributed by atoms with Crippen LogP contribution in [0, 0.1) is 0 Å². The Morgan fingerprint density at radius 3 is 3.07 bits per heavy atom. The maximum absolute atomic E-state index is 11.2. The van der Waals surface area contributed by atoms with Crippen LogP contribution in [0.4, 0.5) is 0 Å². The van der Waals surface area contributed by atoms with E-state index in [4.69, 9.17) is 17.3 Å². The van der Waals surface area contributed by atoms with Crippen LogP contribution in [0.2, 0.25) is 5.15 Å². The molecule has 1 aromatic heterocycles. The number of primary amides is 1. The minimum Gasteiger partial charge on any atom is -0.369 e. The Labute approximate surface area is 87.3 Å². The molecule has 2 rings (SSSR count). The Morgan fingerprint density at radius 2 is 2.36 bits per heavy atom. The highest BCUT2D eigenvalue weighted by atomic mass is 35.5. The smallest absolute Gasteiger partial charge is 0.225 e. The number of fused-ring (bicyclic) bond motifs is 1. The fourth-order valence-electron chi connectivity index (χ4n) is 1.93. The molecule has 1 aromatic rings. The van der Waals surface area contributed by atoms with Gasteiger partial charge in [0.1, 0.15) is 5.15 Å². The van der Waals surface area contributed by atoms with Crippen LogP contribution in [0.25, 0.3) is 0 Å². The van der Waals surface area contributed by atoms with Gasteiger partial charge in [-0.3, -0.25) is 4.79 Å². The van der Waals surface area contributed by atoms with E-state index in [1.54, 1.807) is 6.07 Å². The van der Waals surface area contributed by atoms with Crippen LogP contribution in [-0.2, 0) is 11.2 Å². The van der Waals surface area contributed by atoms with Gasteiger partial charge in [0.2, 0.25) is 5.91 Å². The molecule has 1 atom stereocenters. The van der Waals surface area contributed by atoms with Gasteiger partial charge in [-0.2, -0.15) is 0 Å².